The molecule has 0 saturated heterocycles. The molecule has 1 aromatic carbocycles. The monoisotopic (exact) mass is 313 g/mol. The van der Waals surface area contributed by atoms with E-state index in [-0.39, 0.29) is 17.7 Å². The molecule has 0 bridgehead atoms. The molecule has 0 unspecified atom stereocenters. The summed E-state index contributed by atoms with van der Waals surface area (Å²) in [5.41, 5.74) is 5.48. The van der Waals surface area contributed by atoms with Gasteiger partial charge in [0.1, 0.15) is 11.6 Å². The number of rotatable bonds is 3. The largest absolute Gasteiger partial charge is 0.481 e. The zero-order valence-corrected chi connectivity index (χ0v) is 10.9. The predicted octanol–water partition coefficient (Wildman–Crippen LogP) is 2.76. The van der Waals surface area contributed by atoms with E-state index in [1.54, 1.807) is 6.07 Å². The van der Waals surface area contributed by atoms with E-state index in [2.05, 4.69) is 25.9 Å². The molecular formula is C11H9BrFN3O2. The van der Waals surface area contributed by atoms with Crippen LogP contribution in [0, 0.1) is 5.82 Å². The van der Waals surface area contributed by atoms with Crippen LogP contribution < -0.4 is 15.2 Å². The smallest absolute Gasteiger partial charge is 0.227 e. The summed E-state index contributed by atoms with van der Waals surface area (Å²) in [4.78, 5) is 7.67. The molecule has 2 N–H and O–H groups in total. The van der Waals surface area contributed by atoms with Crippen molar-refractivity contribution in [3.63, 3.8) is 0 Å². The molecule has 0 aliphatic carbocycles. The number of hydrogen-bond acceptors (Lipinski definition) is 5. The molecule has 1 aromatic heterocycles. The van der Waals surface area contributed by atoms with Gasteiger partial charge in [-0.25, -0.2) is 4.39 Å². The Kier molecular flexibility index (Phi) is 3.61. The first-order valence-corrected chi connectivity index (χ1v) is 5.69. The summed E-state index contributed by atoms with van der Waals surface area (Å²) in [6.07, 6.45) is 0. The van der Waals surface area contributed by atoms with Gasteiger partial charge < -0.3 is 15.2 Å². The van der Waals surface area contributed by atoms with Crippen molar-refractivity contribution in [3.8, 4) is 17.5 Å². The van der Waals surface area contributed by atoms with Crippen LogP contribution in [0.5, 0.6) is 17.5 Å². The average Bonchev–Trinajstić information content (AvgIpc) is 2.33. The fourth-order valence-electron chi connectivity index (χ4n) is 1.24. The molecule has 0 amide bonds. The Balaban J connectivity index is 2.27. The first-order chi connectivity index (χ1) is 8.58. The van der Waals surface area contributed by atoms with Crippen LogP contribution in [-0.4, -0.2) is 17.1 Å². The maximum atomic E-state index is 13.3. The molecule has 0 saturated carbocycles. The molecule has 2 aromatic rings. The van der Waals surface area contributed by atoms with Gasteiger partial charge in [0.25, 0.3) is 0 Å². The molecule has 0 fully saturated rings. The van der Waals surface area contributed by atoms with Crippen LogP contribution in [0.4, 0.5) is 10.3 Å². The van der Waals surface area contributed by atoms with Crippen molar-refractivity contribution in [1.29, 1.82) is 0 Å². The highest BCUT2D eigenvalue weighted by Gasteiger charge is 2.07. The summed E-state index contributed by atoms with van der Waals surface area (Å²) in [6.45, 7) is 0. The molecule has 0 aliphatic rings. The number of hydrogen-bond donors (Lipinski definition) is 1. The normalized spacial score (nSPS) is 10.2. The molecule has 5 nitrogen and oxygen atoms in total. The average molecular weight is 314 g/mol. The Morgan fingerprint density at radius 1 is 1.22 bits per heavy atom. The maximum absolute atomic E-state index is 13.3. The molecule has 0 spiro atoms. The number of halogens is 2. The fourth-order valence-corrected chi connectivity index (χ4v) is 1.49. The lowest BCUT2D eigenvalue weighted by molar-refractivity contribution is 0.389. The van der Waals surface area contributed by atoms with Crippen molar-refractivity contribution in [2.75, 3.05) is 12.8 Å². The molecule has 7 heteroatoms. The standard InChI is InChI=1S/C11H9BrFN3O2/c1-17-9-5-10(16-11(14)15-9)18-6-2-3-7(12)8(13)4-6/h2-5H,1H3,(H2,14,15,16). The molecule has 0 aliphatic heterocycles. The molecule has 18 heavy (non-hydrogen) atoms. The maximum Gasteiger partial charge on any atom is 0.227 e. The van der Waals surface area contributed by atoms with Gasteiger partial charge in [-0.2, -0.15) is 9.97 Å². The third-order valence-corrected chi connectivity index (χ3v) is 2.66. The number of anilines is 1. The van der Waals surface area contributed by atoms with Gasteiger partial charge in [0.2, 0.25) is 17.7 Å². The number of nitrogens with two attached hydrogens (primary N) is 1. The van der Waals surface area contributed by atoms with E-state index in [4.69, 9.17) is 15.2 Å². The second-order valence-electron chi connectivity index (χ2n) is 3.28. The first-order valence-electron chi connectivity index (χ1n) is 4.90. The van der Waals surface area contributed by atoms with E-state index in [1.807, 2.05) is 0 Å². The second kappa shape index (κ2) is 5.18. The van der Waals surface area contributed by atoms with Crippen molar-refractivity contribution < 1.29 is 13.9 Å². The van der Waals surface area contributed by atoms with Crippen LogP contribution in [0.1, 0.15) is 0 Å². The van der Waals surface area contributed by atoms with Gasteiger partial charge in [0, 0.05) is 6.07 Å². The van der Waals surface area contributed by atoms with Crippen LogP contribution in [-0.2, 0) is 0 Å². The van der Waals surface area contributed by atoms with Crippen LogP contribution in [0.3, 0.4) is 0 Å². The van der Waals surface area contributed by atoms with Crippen molar-refractivity contribution in [2.24, 2.45) is 0 Å². The summed E-state index contributed by atoms with van der Waals surface area (Å²) in [7, 11) is 1.45. The number of nitrogen functional groups attached to an aromatic ring is 1. The van der Waals surface area contributed by atoms with Gasteiger partial charge in [-0.3, -0.25) is 0 Å². The number of aromatic nitrogens is 2. The van der Waals surface area contributed by atoms with E-state index in [0.29, 0.717) is 10.2 Å². The summed E-state index contributed by atoms with van der Waals surface area (Å²) in [5.74, 6) is 0.343. The lowest BCUT2D eigenvalue weighted by atomic mass is 10.3. The lowest BCUT2D eigenvalue weighted by Gasteiger charge is -2.07. The highest BCUT2D eigenvalue weighted by atomic mass is 79.9. The number of methoxy groups -OCH3 is 1. The minimum absolute atomic E-state index is 0.0157. The molecular weight excluding hydrogens is 305 g/mol. The quantitative estimate of drug-likeness (QED) is 0.943. The summed E-state index contributed by atoms with van der Waals surface area (Å²) in [5, 5.41) is 0. The van der Waals surface area contributed by atoms with Gasteiger partial charge in [-0.1, -0.05) is 0 Å². The fraction of sp³-hybridized carbons (Fsp3) is 0.0909. The highest BCUT2D eigenvalue weighted by molar-refractivity contribution is 9.10. The zero-order chi connectivity index (χ0) is 13.1. The number of ether oxygens (including phenoxy) is 2. The Morgan fingerprint density at radius 2 is 1.94 bits per heavy atom. The van der Waals surface area contributed by atoms with Crippen molar-refractivity contribution in [1.82, 2.24) is 9.97 Å². The van der Waals surface area contributed by atoms with Gasteiger partial charge in [0.15, 0.2) is 0 Å². The molecule has 94 valence electrons. The Bertz CT molecular complexity index is 580. The van der Waals surface area contributed by atoms with Crippen molar-refractivity contribution >= 4 is 21.9 Å². The van der Waals surface area contributed by atoms with Crippen LogP contribution in [0.2, 0.25) is 0 Å². The van der Waals surface area contributed by atoms with Crippen LogP contribution in [0.15, 0.2) is 28.7 Å². The number of benzene rings is 1. The lowest BCUT2D eigenvalue weighted by Crippen LogP contribution is -1.99. The molecule has 0 atom stereocenters. The summed E-state index contributed by atoms with van der Waals surface area (Å²) >= 11 is 3.05. The van der Waals surface area contributed by atoms with Gasteiger partial charge in [-0.15, -0.1) is 0 Å². The van der Waals surface area contributed by atoms with Crippen molar-refractivity contribution in [3.05, 3.63) is 34.6 Å². The Hall–Kier alpha value is -1.89. The summed E-state index contributed by atoms with van der Waals surface area (Å²) in [6, 6.07) is 5.82. The van der Waals surface area contributed by atoms with E-state index >= 15 is 0 Å². The van der Waals surface area contributed by atoms with Gasteiger partial charge in [-0.05, 0) is 28.1 Å². The van der Waals surface area contributed by atoms with E-state index in [0.717, 1.165) is 0 Å². The highest BCUT2D eigenvalue weighted by Crippen LogP contribution is 2.26. The molecule has 2 rings (SSSR count). The van der Waals surface area contributed by atoms with Gasteiger partial charge >= 0.3 is 0 Å². The minimum Gasteiger partial charge on any atom is -0.481 e. The minimum atomic E-state index is -0.429. The Morgan fingerprint density at radius 3 is 2.61 bits per heavy atom. The van der Waals surface area contributed by atoms with Crippen LogP contribution >= 0.6 is 15.9 Å². The molecule has 1 heterocycles. The SMILES string of the molecule is COc1cc(Oc2ccc(Br)c(F)c2)nc(N)n1. The molecule has 0 radical (unpaired) electrons. The van der Waals surface area contributed by atoms with Crippen LogP contribution in [0.25, 0.3) is 0 Å². The van der Waals surface area contributed by atoms with E-state index in [9.17, 15) is 4.39 Å². The summed E-state index contributed by atoms with van der Waals surface area (Å²) < 4.78 is 23.9. The number of nitrogens with zero attached hydrogens (tertiary/aromatic N) is 2. The van der Waals surface area contributed by atoms with Gasteiger partial charge in [0.05, 0.1) is 17.6 Å². The third kappa shape index (κ3) is 2.86. The Labute approximate surface area is 111 Å². The predicted molar refractivity (Wildman–Crippen MR) is 67.2 cm³/mol. The second-order valence-corrected chi connectivity index (χ2v) is 4.14. The van der Waals surface area contributed by atoms with E-state index in [1.165, 1.54) is 25.3 Å². The zero-order valence-electron chi connectivity index (χ0n) is 9.35. The first kappa shape index (κ1) is 12.6. The third-order valence-electron chi connectivity index (χ3n) is 2.02. The topological polar surface area (TPSA) is 70.3 Å². The van der Waals surface area contributed by atoms with E-state index < -0.39 is 5.82 Å². The van der Waals surface area contributed by atoms with Crippen molar-refractivity contribution in [2.45, 2.75) is 0 Å².